The van der Waals surface area contributed by atoms with Gasteiger partial charge in [0.15, 0.2) is 0 Å². The molecule has 4 rings (SSSR count). The van der Waals surface area contributed by atoms with Crippen molar-refractivity contribution in [2.24, 2.45) is 0 Å². The molecule has 1 heterocycles. The number of fused-ring (bicyclic) bond motifs is 1. The molecule has 1 aliphatic heterocycles. The Labute approximate surface area is 213 Å². The second-order valence-electron chi connectivity index (χ2n) is 8.53. The molecule has 3 aromatic rings. The van der Waals surface area contributed by atoms with Crippen LogP contribution in [0.4, 0.5) is 32.3 Å². The summed E-state index contributed by atoms with van der Waals surface area (Å²) < 4.78 is 0. The molecular formula is C26H26N6O5. The molecule has 0 saturated carbocycles. The minimum atomic E-state index is -1.17. The van der Waals surface area contributed by atoms with Crippen molar-refractivity contribution in [2.45, 2.75) is 13.5 Å². The first-order valence-electron chi connectivity index (χ1n) is 11.4. The van der Waals surface area contributed by atoms with E-state index >= 15 is 0 Å². The van der Waals surface area contributed by atoms with Crippen molar-refractivity contribution in [3.8, 4) is 0 Å². The number of para-hydroxylation sites is 1. The highest BCUT2D eigenvalue weighted by molar-refractivity contribution is 6.05. The van der Waals surface area contributed by atoms with Crippen LogP contribution in [0.1, 0.15) is 21.5 Å². The third-order valence-corrected chi connectivity index (χ3v) is 5.68. The zero-order chi connectivity index (χ0) is 26.5. The molecule has 0 aromatic heterocycles. The van der Waals surface area contributed by atoms with E-state index in [1.54, 1.807) is 49.5 Å². The fraction of sp³-hybridized carbons (Fsp3) is 0.154. The van der Waals surface area contributed by atoms with Gasteiger partial charge in [-0.3, -0.25) is 15.0 Å². The van der Waals surface area contributed by atoms with Gasteiger partial charge < -0.3 is 26.0 Å². The molecule has 0 aliphatic carbocycles. The number of hydrazine groups is 1. The largest absolute Gasteiger partial charge is 0.480 e. The van der Waals surface area contributed by atoms with E-state index in [1.807, 2.05) is 31.2 Å². The Morgan fingerprint density at radius 1 is 0.946 bits per heavy atom. The molecule has 0 radical (unpaired) electrons. The number of hydrogen-bond acceptors (Lipinski definition) is 5. The van der Waals surface area contributed by atoms with Gasteiger partial charge in [-0.25, -0.2) is 14.6 Å². The molecule has 0 saturated heterocycles. The first-order chi connectivity index (χ1) is 17.7. The van der Waals surface area contributed by atoms with E-state index < -0.39 is 24.5 Å². The van der Waals surface area contributed by atoms with Crippen molar-refractivity contribution in [3.63, 3.8) is 0 Å². The smallest absolute Gasteiger partial charge is 0.339 e. The van der Waals surface area contributed by atoms with Gasteiger partial charge in [-0.15, -0.1) is 0 Å². The SMILES string of the molecule is Cc1ccccc1NC(=O)Nc1ccc(NC(=O)c2ccc3c(c2)NN(CC(=O)O)C(=O)N(C)C3)cc1. The molecule has 37 heavy (non-hydrogen) atoms. The molecule has 3 aromatic carbocycles. The predicted molar refractivity (Wildman–Crippen MR) is 139 cm³/mol. The number of nitrogens with zero attached hydrogens (tertiary/aromatic N) is 2. The minimum Gasteiger partial charge on any atom is -0.480 e. The Kier molecular flexibility index (Phi) is 7.23. The molecule has 1 aliphatic rings. The molecular weight excluding hydrogens is 476 g/mol. The number of nitrogens with one attached hydrogen (secondary N) is 4. The Balaban J connectivity index is 1.40. The quantitative estimate of drug-likeness (QED) is 0.342. The van der Waals surface area contributed by atoms with Crippen LogP contribution in [0.15, 0.2) is 66.7 Å². The monoisotopic (exact) mass is 502 g/mol. The molecule has 0 spiro atoms. The number of carboxylic acids is 1. The maximum Gasteiger partial charge on any atom is 0.339 e. The molecule has 0 bridgehead atoms. The fourth-order valence-electron chi connectivity index (χ4n) is 3.76. The van der Waals surface area contributed by atoms with E-state index in [1.165, 1.54) is 4.90 Å². The van der Waals surface area contributed by atoms with Gasteiger partial charge in [0, 0.05) is 36.2 Å². The van der Waals surface area contributed by atoms with E-state index in [0.717, 1.165) is 16.1 Å². The summed E-state index contributed by atoms with van der Waals surface area (Å²) in [7, 11) is 1.57. The van der Waals surface area contributed by atoms with Gasteiger partial charge in [0.05, 0.1) is 5.69 Å². The summed E-state index contributed by atoms with van der Waals surface area (Å²) in [6.07, 6.45) is 0. The predicted octanol–water partition coefficient (Wildman–Crippen LogP) is 4.17. The molecule has 5 N–H and O–H groups in total. The fourth-order valence-corrected chi connectivity index (χ4v) is 3.76. The number of amides is 5. The summed E-state index contributed by atoms with van der Waals surface area (Å²) in [5.41, 5.74) is 7.04. The van der Waals surface area contributed by atoms with Crippen LogP contribution in [0.2, 0.25) is 0 Å². The standard InChI is InChI=1S/C26H26N6O5/c1-16-5-3-4-6-21(16)29-25(36)28-20-11-9-19(10-12-20)27-24(35)17-7-8-18-14-31(2)26(37)32(15-23(33)34)30-22(18)13-17/h3-13,30H,14-15H2,1-2H3,(H,27,35)(H,33,34)(H2,28,29,36). The third-order valence-electron chi connectivity index (χ3n) is 5.68. The number of aliphatic carboxylic acids is 1. The van der Waals surface area contributed by atoms with Crippen molar-refractivity contribution in [2.75, 3.05) is 35.0 Å². The summed E-state index contributed by atoms with van der Waals surface area (Å²) in [6, 6.07) is 18.1. The van der Waals surface area contributed by atoms with E-state index in [9.17, 15) is 19.2 Å². The van der Waals surface area contributed by atoms with E-state index in [-0.39, 0.29) is 12.6 Å². The van der Waals surface area contributed by atoms with Crippen LogP contribution >= 0.6 is 0 Å². The van der Waals surface area contributed by atoms with Gasteiger partial charge in [-0.2, -0.15) is 0 Å². The zero-order valence-corrected chi connectivity index (χ0v) is 20.2. The lowest BCUT2D eigenvalue weighted by atomic mass is 10.1. The maximum absolute atomic E-state index is 12.9. The van der Waals surface area contributed by atoms with E-state index in [4.69, 9.17) is 5.11 Å². The number of carbonyl (C=O) groups excluding carboxylic acids is 3. The molecule has 190 valence electrons. The zero-order valence-electron chi connectivity index (χ0n) is 20.2. The maximum atomic E-state index is 12.9. The second-order valence-corrected chi connectivity index (χ2v) is 8.53. The highest BCUT2D eigenvalue weighted by Gasteiger charge is 2.26. The average Bonchev–Trinajstić information content (AvgIpc) is 2.97. The number of aryl methyl sites for hydroxylation is 1. The summed E-state index contributed by atoms with van der Waals surface area (Å²) >= 11 is 0. The van der Waals surface area contributed by atoms with Crippen LogP contribution in [0.3, 0.4) is 0 Å². The van der Waals surface area contributed by atoms with E-state index in [0.29, 0.717) is 28.3 Å². The number of benzene rings is 3. The Hall–Kier alpha value is -5.06. The van der Waals surface area contributed by atoms with E-state index in [2.05, 4.69) is 21.4 Å². The van der Waals surface area contributed by atoms with Crippen LogP contribution in [0.5, 0.6) is 0 Å². The van der Waals surface area contributed by atoms with Gasteiger partial charge in [-0.05, 0) is 60.5 Å². The van der Waals surface area contributed by atoms with Crippen molar-refractivity contribution < 1.29 is 24.3 Å². The van der Waals surface area contributed by atoms with Crippen LogP contribution in [0, 0.1) is 6.92 Å². The Morgan fingerprint density at radius 3 is 2.30 bits per heavy atom. The first-order valence-corrected chi connectivity index (χ1v) is 11.4. The van der Waals surface area contributed by atoms with Crippen LogP contribution in [0.25, 0.3) is 0 Å². The van der Waals surface area contributed by atoms with Crippen molar-refractivity contribution in [1.29, 1.82) is 0 Å². The lowest BCUT2D eigenvalue weighted by Crippen LogP contribution is -2.44. The third kappa shape index (κ3) is 6.14. The molecule has 0 atom stereocenters. The number of carbonyl (C=O) groups is 4. The molecule has 0 fully saturated rings. The lowest BCUT2D eigenvalue weighted by Gasteiger charge is -2.23. The second kappa shape index (κ2) is 10.7. The van der Waals surface area contributed by atoms with Crippen molar-refractivity contribution in [1.82, 2.24) is 9.91 Å². The Morgan fingerprint density at radius 2 is 1.62 bits per heavy atom. The van der Waals surface area contributed by atoms with Crippen LogP contribution in [-0.4, -0.2) is 52.5 Å². The highest BCUT2D eigenvalue weighted by atomic mass is 16.4. The summed E-state index contributed by atoms with van der Waals surface area (Å²) in [4.78, 5) is 50.1. The van der Waals surface area contributed by atoms with Gasteiger partial charge in [0.2, 0.25) is 0 Å². The average molecular weight is 503 g/mol. The number of anilines is 4. The number of urea groups is 2. The van der Waals surface area contributed by atoms with Crippen molar-refractivity contribution >= 4 is 46.7 Å². The number of hydrogen-bond donors (Lipinski definition) is 5. The lowest BCUT2D eigenvalue weighted by molar-refractivity contribution is -0.137. The van der Waals surface area contributed by atoms with Crippen LogP contribution < -0.4 is 21.4 Å². The van der Waals surface area contributed by atoms with Gasteiger partial charge in [0.25, 0.3) is 5.91 Å². The molecule has 0 unspecified atom stereocenters. The normalized spacial score (nSPS) is 12.6. The number of carboxylic acid groups (broad SMARTS) is 1. The van der Waals surface area contributed by atoms with Crippen molar-refractivity contribution in [3.05, 3.63) is 83.4 Å². The first kappa shape index (κ1) is 25.0. The van der Waals surface area contributed by atoms with Crippen LogP contribution in [-0.2, 0) is 11.3 Å². The minimum absolute atomic E-state index is 0.255. The molecule has 5 amide bonds. The summed E-state index contributed by atoms with van der Waals surface area (Å²) in [5.74, 6) is -1.56. The molecule has 11 nitrogen and oxygen atoms in total. The summed E-state index contributed by atoms with van der Waals surface area (Å²) in [6.45, 7) is 1.62. The number of rotatable bonds is 6. The van der Waals surface area contributed by atoms with Gasteiger partial charge in [-0.1, -0.05) is 24.3 Å². The topological polar surface area (TPSA) is 143 Å². The van der Waals surface area contributed by atoms with Gasteiger partial charge in [0.1, 0.15) is 6.54 Å². The molecule has 11 heteroatoms. The Bertz CT molecular complexity index is 1360. The highest BCUT2D eigenvalue weighted by Crippen LogP contribution is 2.25. The summed E-state index contributed by atoms with van der Waals surface area (Å²) in [5, 5.41) is 18.4. The van der Waals surface area contributed by atoms with Gasteiger partial charge >= 0.3 is 18.0 Å².